The van der Waals surface area contributed by atoms with Gasteiger partial charge in [-0.2, -0.15) is 0 Å². The van der Waals surface area contributed by atoms with Crippen LogP contribution in [-0.4, -0.2) is 30.2 Å². The van der Waals surface area contributed by atoms with Crippen LogP contribution < -0.4 is 0 Å². The molecule has 0 amide bonds. The maximum Gasteiger partial charge on any atom is 0.0906 e. The van der Waals surface area contributed by atoms with Gasteiger partial charge in [-0.05, 0) is 33.1 Å². The van der Waals surface area contributed by atoms with Gasteiger partial charge in [-0.25, -0.2) is 0 Å². The van der Waals surface area contributed by atoms with Crippen LogP contribution in [0.25, 0.3) is 0 Å². The van der Waals surface area contributed by atoms with Crippen molar-refractivity contribution in [3.8, 4) is 0 Å². The van der Waals surface area contributed by atoms with E-state index in [0.29, 0.717) is 18.5 Å². The molecule has 0 aromatic heterocycles. The van der Waals surface area contributed by atoms with Gasteiger partial charge in [0.15, 0.2) is 0 Å². The molecule has 0 N–H and O–H groups in total. The number of halogens is 1. The van der Waals surface area contributed by atoms with Gasteiger partial charge in [0.1, 0.15) is 0 Å². The number of alkyl halides is 1. The lowest BCUT2D eigenvalue weighted by Gasteiger charge is -2.25. The standard InChI is InChI=1S/C9H18FN/c1-8-4-5-9(2)11(8)7-3-6-10/h8-9H,3-7H2,1-2H3. The second-order valence-corrected chi connectivity index (χ2v) is 3.56. The summed E-state index contributed by atoms with van der Waals surface area (Å²) in [7, 11) is 0. The molecule has 0 aromatic carbocycles. The summed E-state index contributed by atoms with van der Waals surface area (Å²) in [5.74, 6) is 0. The second-order valence-electron chi connectivity index (χ2n) is 3.56. The molecule has 0 aromatic rings. The molecule has 1 aliphatic rings. The van der Waals surface area contributed by atoms with Crippen molar-refractivity contribution >= 4 is 0 Å². The summed E-state index contributed by atoms with van der Waals surface area (Å²) in [5.41, 5.74) is 0. The van der Waals surface area contributed by atoms with E-state index in [-0.39, 0.29) is 6.67 Å². The molecule has 2 unspecified atom stereocenters. The zero-order valence-electron chi connectivity index (χ0n) is 7.52. The maximum atomic E-state index is 11.9. The third-order valence-corrected chi connectivity index (χ3v) is 2.68. The van der Waals surface area contributed by atoms with E-state index in [1.165, 1.54) is 12.8 Å². The molecular formula is C9H18FN. The Hall–Kier alpha value is -0.110. The SMILES string of the molecule is CC1CCC(C)N1CCCF. The Balaban J connectivity index is 2.29. The van der Waals surface area contributed by atoms with Crippen LogP contribution in [0.5, 0.6) is 0 Å². The van der Waals surface area contributed by atoms with Crippen molar-refractivity contribution in [2.24, 2.45) is 0 Å². The number of rotatable bonds is 3. The van der Waals surface area contributed by atoms with Crippen LogP contribution in [0.2, 0.25) is 0 Å². The van der Waals surface area contributed by atoms with E-state index >= 15 is 0 Å². The predicted octanol–water partition coefficient (Wildman–Crippen LogP) is 2.22. The Labute approximate surface area is 68.6 Å². The molecule has 0 bridgehead atoms. The van der Waals surface area contributed by atoms with Crippen molar-refractivity contribution < 1.29 is 4.39 Å². The largest absolute Gasteiger partial charge is 0.298 e. The van der Waals surface area contributed by atoms with Gasteiger partial charge in [0.2, 0.25) is 0 Å². The van der Waals surface area contributed by atoms with Gasteiger partial charge in [0.05, 0.1) is 6.67 Å². The minimum absolute atomic E-state index is 0.171. The number of likely N-dealkylation sites (tertiary alicyclic amines) is 1. The molecule has 2 atom stereocenters. The van der Waals surface area contributed by atoms with Gasteiger partial charge in [0, 0.05) is 18.6 Å². The number of hydrogen-bond acceptors (Lipinski definition) is 1. The summed E-state index contributed by atoms with van der Waals surface area (Å²) >= 11 is 0. The van der Waals surface area contributed by atoms with E-state index in [1.807, 2.05) is 0 Å². The fraction of sp³-hybridized carbons (Fsp3) is 1.00. The molecule has 66 valence electrons. The summed E-state index contributed by atoms with van der Waals surface area (Å²) in [5, 5.41) is 0. The highest BCUT2D eigenvalue weighted by Gasteiger charge is 2.25. The molecule has 0 spiro atoms. The van der Waals surface area contributed by atoms with Gasteiger partial charge in [0.25, 0.3) is 0 Å². The minimum atomic E-state index is -0.171. The Morgan fingerprint density at radius 2 is 1.82 bits per heavy atom. The van der Waals surface area contributed by atoms with Crippen molar-refractivity contribution in [1.29, 1.82) is 0 Å². The van der Waals surface area contributed by atoms with E-state index in [1.54, 1.807) is 0 Å². The van der Waals surface area contributed by atoms with Crippen LogP contribution in [0.3, 0.4) is 0 Å². The normalized spacial score (nSPS) is 33.0. The highest BCUT2D eigenvalue weighted by molar-refractivity contribution is 4.81. The fourth-order valence-corrected chi connectivity index (χ4v) is 1.93. The Morgan fingerprint density at radius 3 is 2.27 bits per heavy atom. The maximum absolute atomic E-state index is 11.9. The lowest BCUT2D eigenvalue weighted by molar-refractivity contribution is 0.204. The van der Waals surface area contributed by atoms with E-state index in [4.69, 9.17) is 0 Å². The fourth-order valence-electron chi connectivity index (χ4n) is 1.93. The van der Waals surface area contributed by atoms with Crippen LogP contribution in [0, 0.1) is 0 Å². The first-order chi connectivity index (χ1) is 5.25. The monoisotopic (exact) mass is 159 g/mol. The van der Waals surface area contributed by atoms with E-state index in [0.717, 1.165) is 6.54 Å². The molecule has 1 nitrogen and oxygen atoms in total. The molecule has 1 aliphatic heterocycles. The van der Waals surface area contributed by atoms with Crippen molar-refractivity contribution in [3.05, 3.63) is 0 Å². The van der Waals surface area contributed by atoms with E-state index in [2.05, 4.69) is 18.7 Å². The quantitative estimate of drug-likeness (QED) is 0.610. The Kier molecular flexibility index (Phi) is 3.31. The predicted molar refractivity (Wildman–Crippen MR) is 45.5 cm³/mol. The zero-order chi connectivity index (χ0) is 8.27. The average Bonchev–Trinajstić information content (AvgIpc) is 2.29. The third kappa shape index (κ3) is 2.16. The van der Waals surface area contributed by atoms with Crippen LogP contribution in [-0.2, 0) is 0 Å². The molecule has 2 heteroatoms. The van der Waals surface area contributed by atoms with Crippen LogP contribution in [0.1, 0.15) is 33.1 Å². The smallest absolute Gasteiger partial charge is 0.0906 e. The third-order valence-electron chi connectivity index (χ3n) is 2.68. The molecule has 1 fully saturated rings. The molecule has 0 radical (unpaired) electrons. The number of nitrogens with zero attached hydrogens (tertiary/aromatic N) is 1. The Bertz CT molecular complexity index is 106. The Morgan fingerprint density at radius 1 is 1.27 bits per heavy atom. The highest BCUT2D eigenvalue weighted by atomic mass is 19.1. The van der Waals surface area contributed by atoms with Gasteiger partial charge >= 0.3 is 0 Å². The number of hydrogen-bond donors (Lipinski definition) is 0. The summed E-state index contributed by atoms with van der Waals surface area (Å²) in [6, 6.07) is 1.35. The van der Waals surface area contributed by atoms with Gasteiger partial charge in [-0.1, -0.05) is 0 Å². The lowest BCUT2D eigenvalue weighted by Crippen LogP contribution is -2.33. The van der Waals surface area contributed by atoms with Gasteiger partial charge in [-0.15, -0.1) is 0 Å². The summed E-state index contributed by atoms with van der Waals surface area (Å²) < 4.78 is 11.9. The van der Waals surface area contributed by atoms with Gasteiger partial charge in [-0.3, -0.25) is 9.29 Å². The molecule has 1 heterocycles. The summed E-state index contributed by atoms with van der Waals surface area (Å²) in [6.07, 6.45) is 3.27. The first kappa shape index (κ1) is 8.98. The molecule has 0 aliphatic carbocycles. The molecule has 11 heavy (non-hydrogen) atoms. The molecule has 0 saturated carbocycles. The van der Waals surface area contributed by atoms with E-state index in [9.17, 15) is 4.39 Å². The van der Waals surface area contributed by atoms with Crippen molar-refractivity contribution in [2.75, 3.05) is 13.2 Å². The molecule has 1 rings (SSSR count). The molecular weight excluding hydrogens is 141 g/mol. The minimum Gasteiger partial charge on any atom is -0.298 e. The van der Waals surface area contributed by atoms with Crippen LogP contribution >= 0.6 is 0 Å². The van der Waals surface area contributed by atoms with Gasteiger partial charge < -0.3 is 0 Å². The van der Waals surface area contributed by atoms with Crippen molar-refractivity contribution in [3.63, 3.8) is 0 Å². The second kappa shape index (κ2) is 4.05. The first-order valence-corrected chi connectivity index (χ1v) is 4.57. The topological polar surface area (TPSA) is 3.24 Å². The first-order valence-electron chi connectivity index (χ1n) is 4.57. The molecule has 1 saturated heterocycles. The average molecular weight is 159 g/mol. The van der Waals surface area contributed by atoms with Crippen molar-refractivity contribution in [1.82, 2.24) is 4.90 Å². The van der Waals surface area contributed by atoms with Crippen LogP contribution in [0.4, 0.5) is 4.39 Å². The zero-order valence-corrected chi connectivity index (χ0v) is 7.52. The summed E-state index contributed by atoms with van der Waals surface area (Å²) in [6.45, 7) is 5.25. The van der Waals surface area contributed by atoms with Crippen molar-refractivity contribution in [2.45, 2.75) is 45.2 Å². The van der Waals surface area contributed by atoms with E-state index < -0.39 is 0 Å². The summed E-state index contributed by atoms with van der Waals surface area (Å²) in [4.78, 5) is 2.42. The van der Waals surface area contributed by atoms with Crippen LogP contribution in [0.15, 0.2) is 0 Å². The lowest BCUT2D eigenvalue weighted by atomic mass is 10.2. The highest BCUT2D eigenvalue weighted by Crippen LogP contribution is 2.23.